The smallest absolute Gasteiger partial charge is 0.396 e. The lowest BCUT2D eigenvalue weighted by molar-refractivity contribution is -0.273. The van der Waals surface area contributed by atoms with Crippen LogP contribution >= 0.6 is 22.9 Å². The Morgan fingerprint density at radius 1 is 1.33 bits per heavy atom. The van der Waals surface area contributed by atoms with E-state index in [-0.39, 0.29) is 16.4 Å². The summed E-state index contributed by atoms with van der Waals surface area (Å²) in [6, 6.07) is 7.62. The molecule has 0 bridgehead atoms. The van der Waals surface area contributed by atoms with E-state index in [0.717, 1.165) is 22.0 Å². The van der Waals surface area contributed by atoms with Crippen molar-refractivity contribution in [1.29, 1.82) is 0 Å². The van der Waals surface area contributed by atoms with Crippen molar-refractivity contribution in [2.24, 2.45) is 0 Å². The third-order valence-corrected chi connectivity index (χ3v) is 4.42. The van der Waals surface area contributed by atoms with Gasteiger partial charge in [0, 0.05) is 13.1 Å². The van der Waals surface area contributed by atoms with Crippen LogP contribution in [0.3, 0.4) is 0 Å². The predicted octanol–water partition coefficient (Wildman–Crippen LogP) is 4.04. The summed E-state index contributed by atoms with van der Waals surface area (Å²) in [5.41, 5.74) is -0.131. The number of ether oxygens (including phenoxy) is 1. The number of aromatic nitrogens is 2. The summed E-state index contributed by atoms with van der Waals surface area (Å²) >= 11 is 6.84. The van der Waals surface area contributed by atoms with Crippen LogP contribution in [-0.2, 0) is 0 Å². The number of hydrogen-bond acceptors (Lipinski definition) is 5. The van der Waals surface area contributed by atoms with Crippen molar-refractivity contribution in [2.75, 3.05) is 12.4 Å². The Hall–Kier alpha value is -2.26. The molecule has 3 aromatic rings. The van der Waals surface area contributed by atoms with Gasteiger partial charge in [0.15, 0.2) is 10.9 Å². The average Bonchev–Trinajstić information content (AvgIpc) is 2.88. The van der Waals surface area contributed by atoms with Crippen LogP contribution in [0.1, 0.15) is 0 Å². The lowest BCUT2D eigenvalue weighted by Gasteiger charge is -2.10. The molecule has 0 fully saturated rings. The minimum absolute atomic E-state index is 0.167. The molecule has 0 amide bonds. The summed E-state index contributed by atoms with van der Waals surface area (Å²) in [5.74, 6) is 0.167. The Balaban J connectivity index is 2.32. The molecule has 0 unspecified atom stereocenters. The second-order valence-electron chi connectivity index (χ2n) is 4.61. The van der Waals surface area contributed by atoms with E-state index < -0.39 is 17.1 Å². The van der Waals surface area contributed by atoms with Gasteiger partial charge in [-0.15, -0.1) is 13.2 Å². The molecule has 2 aromatic heterocycles. The van der Waals surface area contributed by atoms with Crippen LogP contribution in [-0.4, -0.2) is 23.0 Å². The topological polar surface area (TPSA) is 56.2 Å². The number of rotatable bonds is 3. The monoisotopic (exact) mass is 375 g/mol. The van der Waals surface area contributed by atoms with E-state index in [1.807, 2.05) is 0 Å². The highest BCUT2D eigenvalue weighted by atomic mass is 35.5. The fraction of sp³-hybridized carbons (Fsp3) is 0.143. The molecule has 0 saturated carbocycles. The van der Waals surface area contributed by atoms with E-state index in [0.29, 0.717) is 10.4 Å². The molecular formula is C14H9ClF3N3O2S. The molecule has 2 heterocycles. The van der Waals surface area contributed by atoms with Crippen molar-refractivity contribution in [2.45, 2.75) is 6.36 Å². The van der Waals surface area contributed by atoms with E-state index in [9.17, 15) is 18.0 Å². The zero-order chi connectivity index (χ0) is 17.5. The minimum atomic E-state index is -4.83. The van der Waals surface area contributed by atoms with Gasteiger partial charge < -0.3 is 10.1 Å². The number of hydrogen-bond donors (Lipinski definition) is 1. The van der Waals surface area contributed by atoms with Crippen molar-refractivity contribution < 1.29 is 17.9 Å². The first kappa shape index (κ1) is 16.6. The molecule has 0 spiro atoms. The summed E-state index contributed by atoms with van der Waals surface area (Å²) in [5, 5.41) is 2.56. The maximum absolute atomic E-state index is 12.5. The van der Waals surface area contributed by atoms with Gasteiger partial charge in [-0.25, -0.2) is 4.79 Å². The second kappa shape index (κ2) is 5.99. The number of alkyl halides is 3. The summed E-state index contributed by atoms with van der Waals surface area (Å²) in [7, 11) is 1.52. The van der Waals surface area contributed by atoms with Crippen molar-refractivity contribution in [3.05, 3.63) is 45.8 Å². The standard InChI is InChI=1S/C14H9ClF3N3O2S/c1-19-12-11-9(6-10(24-11)23-14(16,17)18)21(13(22)20-12)8-5-3-2-4-7(8)15/h2-6H,1H3,(H,19,20,22). The zero-order valence-electron chi connectivity index (χ0n) is 12.0. The van der Waals surface area contributed by atoms with E-state index in [4.69, 9.17) is 11.6 Å². The van der Waals surface area contributed by atoms with Crippen LogP contribution in [0, 0.1) is 0 Å². The molecule has 24 heavy (non-hydrogen) atoms. The van der Waals surface area contributed by atoms with Gasteiger partial charge in [0.05, 0.1) is 20.9 Å². The van der Waals surface area contributed by atoms with E-state index in [2.05, 4.69) is 15.0 Å². The van der Waals surface area contributed by atoms with Gasteiger partial charge in [0.2, 0.25) is 0 Å². The van der Waals surface area contributed by atoms with Crippen molar-refractivity contribution >= 4 is 39.0 Å². The number of benzene rings is 1. The Morgan fingerprint density at radius 2 is 2.04 bits per heavy atom. The molecule has 0 aliphatic carbocycles. The Labute approximate surface area is 142 Å². The highest BCUT2D eigenvalue weighted by molar-refractivity contribution is 7.21. The summed E-state index contributed by atoms with van der Waals surface area (Å²) < 4.78 is 42.9. The number of nitrogens with one attached hydrogen (secondary N) is 1. The summed E-state index contributed by atoms with van der Waals surface area (Å²) in [4.78, 5) is 16.2. The first-order chi connectivity index (χ1) is 11.3. The van der Waals surface area contributed by atoms with Gasteiger partial charge in [-0.05, 0) is 12.1 Å². The highest BCUT2D eigenvalue weighted by Gasteiger charge is 2.32. The molecule has 5 nitrogen and oxygen atoms in total. The number of anilines is 1. The number of para-hydroxylation sites is 1. The first-order valence-electron chi connectivity index (χ1n) is 6.55. The van der Waals surface area contributed by atoms with E-state index in [1.165, 1.54) is 7.05 Å². The molecule has 1 aromatic carbocycles. The quantitative estimate of drug-likeness (QED) is 0.750. The Kier molecular flexibility index (Phi) is 4.14. The third kappa shape index (κ3) is 3.04. The van der Waals surface area contributed by atoms with Crippen LogP contribution < -0.4 is 15.7 Å². The minimum Gasteiger partial charge on any atom is -0.396 e. The summed E-state index contributed by atoms with van der Waals surface area (Å²) in [6.45, 7) is 0. The number of halogens is 4. The van der Waals surface area contributed by atoms with Crippen molar-refractivity contribution in [3.63, 3.8) is 0 Å². The van der Waals surface area contributed by atoms with Crippen LogP contribution in [0.5, 0.6) is 5.06 Å². The maximum Gasteiger partial charge on any atom is 0.573 e. The molecular weight excluding hydrogens is 367 g/mol. The van der Waals surface area contributed by atoms with E-state index in [1.54, 1.807) is 24.3 Å². The molecule has 0 radical (unpaired) electrons. The first-order valence-corrected chi connectivity index (χ1v) is 7.74. The van der Waals surface area contributed by atoms with Gasteiger partial charge >= 0.3 is 12.1 Å². The van der Waals surface area contributed by atoms with Gasteiger partial charge in [-0.2, -0.15) is 4.98 Å². The van der Waals surface area contributed by atoms with Gasteiger partial charge in [0.1, 0.15) is 0 Å². The normalized spacial score (nSPS) is 11.7. The van der Waals surface area contributed by atoms with Crippen LogP contribution in [0.15, 0.2) is 35.1 Å². The fourth-order valence-corrected chi connectivity index (χ4v) is 3.42. The molecule has 1 N–H and O–H groups in total. The SMILES string of the molecule is CNc1nc(=O)n(-c2ccccc2Cl)c2cc(OC(F)(F)F)sc12. The molecule has 10 heteroatoms. The molecule has 0 saturated heterocycles. The molecule has 0 aliphatic rings. The van der Waals surface area contributed by atoms with Crippen molar-refractivity contribution in [3.8, 4) is 10.8 Å². The Morgan fingerprint density at radius 3 is 2.67 bits per heavy atom. The largest absolute Gasteiger partial charge is 0.573 e. The average molecular weight is 376 g/mol. The van der Waals surface area contributed by atoms with Gasteiger partial charge in [-0.3, -0.25) is 4.57 Å². The third-order valence-electron chi connectivity index (χ3n) is 3.09. The lowest BCUT2D eigenvalue weighted by Crippen LogP contribution is -2.22. The number of thiophene rings is 1. The van der Waals surface area contributed by atoms with Gasteiger partial charge in [0.25, 0.3) is 0 Å². The predicted molar refractivity (Wildman–Crippen MR) is 86.5 cm³/mol. The maximum atomic E-state index is 12.5. The molecule has 126 valence electrons. The molecule has 3 rings (SSSR count). The zero-order valence-corrected chi connectivity index (χ0v) is 13.6. The number of fused-ring (bicyclic) bond motifs is 1. The Bertz CT molecular complexity index is 968. The number of nitrogens with zero attached hydrogens (tertiary/aromatic N) is 2. The van der Waals surface area contributed by atoms with Crippen molar-refractivity contribution in [1.82, 2.24) is 9.55 Å². The fourth-order valence-electron chi connectivity index (χ4n) is 2.19. The van der Waals surface area contributed by atoms with Crippen LogP contribution in [0.4, 0.5) is 19.0 Å². The molecule has 0 aliphatic heterocycles. The highest BCUT2D eigenvalue weighted by Crippen LogP contribution is 2.38. The summed E-state index contributed by atoms with van der Waals surface area (Å²) in [6.07, 6.45) is -4.83. The van der Waals surface area contributed by atoms with Gasteiger partial charge in [-0.1, -0.05) is 35.1 Å². The van der Waals surface area contributed by atoms with Crippen LogP contribution in [0.25, 0.3) is 15.9 Å². The van der Waals surface area contributed by atoms with E-state index >= 15 is 0 Å². The lowest BCUT2D eigenvalue weighted by atomic mass is 10.3. The molecule has 0 atom stereocenters. The van der Waals surface area contributed by atoms with Crippen LogP contribution in [0.2, 0.25) is 5.02 Å². The second-order valence-corrected chi connectivity index (χ2v) is 6.03.